The zero-order valence-corrected chi connectivity index (χ0v) is 16.4. The summed E-state index contributed by atoms with van der Waals surface area (Å²) in [5, 5.41) is 0.233. The van der Waals surface area contributed by atoms with Gasteiger partial charge in [0.15, 0.2) is 8.32 Å². The number of hydrogen-bond acceptors (Lipinski definition) is 1. The standard InChI is InChI=1S/C20H32OSi/c1-17(2)12-11-15-19(18-13-9-8-10-14-18)16-21-22(6,7)20(3,4)5/h8-11,13-14,17H,12,16H2,1-7H3. The molecule has 122 valence electrons. The van der Waals surface area contributed by atoms with Crippen LogP contribution < -0.4 is 0 Å². The van der Waals surface area contributed by atoms with Crippen LogP contribution >= 0.6 is 0 Å². The van der Waals surface area contributed by atoms with Gasteiger partial charge in [0.25, 0.3) is 0 Å². The molecule has 0 amide bonds. The molecule has 0 saturated heterocycles. The Balaban J connectivity index is 2.96. The highest BCUT2D eigenvalue weighted by Crippen LogP contribution is 2.37. The van der Waals surface area contributed by atoms with Gasteiger partial charge >= 0.3 is 0 Å². The Morgan fingerprint density at radius 3 is 2.27 bits per heavy atom. The van der Waals surface area contributed by atoms with Crippen LogP contribution in [-0.2, 0) is 4.43 Å². The fourth-order valence-electron chi connectivity index (χ4n) is 1.73. The molecular formula is C20H32OSi. The van der Waals surface area contributed by atoms with E-state index in [1.165, 1.54) is 5.56 Å². The topological polar surface area (TPSA) is 9.23 Å². The Labute approximate surface area is 138 Å². The molecule has 0 fully saturated rings. The minimum atomic E-state index is -1.74. The normalized spacial score (nSPS) is 12.2. The molecule has 0 unspecified atom stereocenters. The van der Waals surface area contributed by atoms with Crippen molar-refractivity contribution >= 4 is 13.9 Å². The fraction of sp³-hybridized carbons (Fsp3) is 0.550. The largest absolute Gasteiger partial charge is 0.412 e. The van der Waals surface area contributed by atoms with Crippen LogP contribution in [-0.4, -0.2) is 14.9 Å². The minimum Gasteiger partial charge on any atom is -0.412 e. The molecule has 0 aromatic heterocycles. The van der Waals surface area contributed by atoms with Crippen LogP contribution in [0, 0.1) is 5.92 Å². The Morgan fingerprint density at radius 2 is 1.77 bits per heavy atom. The van der Waals surface area contributed by atoms with E-state index < -0.39 is 8.32 Å². The monoisotopic (exact) mass is 316 g/mol. The summed E-state index contributed by atoms with van der Waals surface area (Å²) in [4.78, 5) is 0. The smallest absolute Gasteiger partial charge is 0.192 e. The second kappa shape index (κ2) is 7.96. The summed E-state index contributed by atoms with van der Waals surface area (Å²) in [5.41, 5.74) is 5.85. The summed E-state index contributed by atoms with van der Waals surface area (Å²) in [6.07, 6.45) is 3.21. The third-order valence-electron chi connectivity index (χ3n) is 4.37. The van der Waals surface area contributed by atoms with Crippen molar-refractivity contribution in [2.45, 2.75) is 59.2 Å². The molecule has 0 bridgehead atoms. The SMILES string of the molecule is CC(C)CC=C=C(CO[Si](C)(C)C(C)(C)C)c1ccccc1. The molecule has 0 N–H and O–H groups in total. The molecule has 0 aliphatic rings. The van der Waals surface area contributed by atoms with Crippen molar-refractivity contribution in [3.8, 4) is 0 Å². The third-order valence-corrected chi connectivity index (χ3v) is 8.85. The Bertz CT molecular complexity index is 514. The van der Waals surface area contributed by atoms with Crippen LogP contribution in [0.4, 0.5) is 0 Å². The number of rotatable bonds is 6. The second-order valence-electron chi connectivity index (χ2n) is 7.87. The van der Waals surface area contributed by atoms with Gasteiger partial charge in [-0.1, -0.05) is 65.0 Å². The van der Waals surface area contributed by atoms with Gasteiger partial charge in [-0.05, 0) is 42.1 Å². The second-order valence-corrected chi connectivity index (χ2v) is 12.7. The van der Waals surface area contributed by atoms with E-state index in [4.69, 9.17) is 4.43 Å². The van der Waals surface area contributed by atoms with Crippen LogP contribution in [0.3, 0.4) is 0 Å². The summed E-state index contributed by atoms with van der Waals surface area (Å²) in [6.45, 7) is 16.5. The van der Waals surface area contributed by atoms with Crippen molar-refractivity contribution in [3.63, 3.8) is 0 Å². The fourth-order valence-corrected chi connectivity index (χ4v) is 2.67. The van der Waals surface area contributed by atoms with E-state index in [-0.39, 0.29) is 5.04 Å². The van der Waals surface area contributed by atoms with Gasteiger partial charge in [-0.15, -0.1) is 5.73 Å². The van der Waals surface area contributed by atoms with Crippen LogP contribution in [0.15, 0.2) is 42.1 Å². The summed E-state index contributed by atoms with van der Waals surface area (Å²) in [6, 6.07) is 10.5. The van der Waals surface area contributed by atoms with Gasteiger partial charge in [-0.2, -0.15) is 0 Å². The number of benzene rings is 1. The van der Waals surface area contributed by atoms with Gasteiger partial charge in [0.1, 0.15) is 0 Å². The van der Waals surface area contributed by atoms with Gasteiger partial charge in [0.05, 0.1) is 6.61 Å². The summed E-state index contributed by atoms with van der Waals surface area (Å²) in [7, 11) is -1.74. The van der Waals surface area contributed by atoms with Crippen molar-refractivity contribution < 1.29 is 4.43 Å². The summed E-state index contributed by atoms with van der Waals surface area (Å²) in [5.74, 6) is 0.658. The third kappa shape index (κ3) is 5.96. The molecule has 0 radical (unpaired) electrons. The van der Waals surface area contributed by atoms with Crippen molar-refractivity contribution in [2.24, 2.45) is 5.92 Å². The quantitative estimate of drug-likeness (QED) is 0.442. The van der Waals surface area contributed by atoms with Crippen molar-refractivity contribution in [2.75, 3.05) is 6.61 Å². The highest BCUT2D eigenvalue weighted by atomic mass is 28.4. The van der Waals surface area contributed by atoms with Crippen LogP contribution in [0.5, 0.6) is 0 Å². The lowest BCUT2D eigenvalue weighted by molar-refractivity contribution is 0.334. The molecule has 1 nitrogen and oxygen atoms in total. The maximum absolute atomic E-state index is 6.39. The zero-order valence-electron chi connectivity index (χ0n) is 15.4. The van der Waals surface area contributed by atoms with Crippen molar-refractivity contribution in [1.82, 2.24) is 0 Å². The molecule has 0 aliphatic heterocycles. The number of hydrogen-bond donors (Lipinski definition) is 0. The molecule has 1 rings (SSSR count). The van der Waals surface area contributed by atoms with E-state index in [1.54, 1.807) is 0 Å². The van der Waals surface area contributed by atoms with E-state index in [2.05, 4.69) is 83.8 Å². The maximum atomic E-state index is 6.39. The molecule has 0 aliphatic carbocycles. The first kappa shape index (κ1) is 19.0. The Hall–Kier alpha value is -1.08. The average Bonchev–Trinajstić information content (AvgIpc) is 2.42. The van der Waals surface area contributed by atoms with E-state index >= 15 is 0 Å². The molecule has 22 heavy (non-hydrogen) atoms. The lowest BCUT2D eigenvalue weighted by Gasteiger charge is -2.36. The highest BCUT2D eigenvalue weighted by Gasteiger charge is 2.37. The van der Waals surface area contributed by atoms with Crippen LogP contribution in [0.2, 0.25) is 18.1 Å². The molecular weight excluding hydrogens is 284 g/mol. The van der Waals surface area contributed by atoms with Gasteiger partial charge in [0, 0.05) is 5.57 Å². The van der Waals surface area contributed by atoms with E-state index in [0.717, 1.165) is 12.0 Å². The summed E-state index contributed by atoms with van der Waals surface area (Å²) < 4.78 is 6.39. The van der Waals surface area contributed by atoms with Crippen LogP contribution in [0.1, 0.15) is 46.6 Å². The average molecular weight is 317 g/mol. The van der Waals surface area contributed by atoms with Crippen molar-refractivity contribution in [3.05, 3.63) is 47.7 Å². The molecule has 0 atom stereocenters. The highest BCUT2D eigenvalue weighted by molar-refractivity contribution is 6.74. The molecule has 2 heteroatoms. The first-order valence-corrected chi connectivity index (χ1v) is 11.2. The summed E-state index contributed by atoms with van der Waals surface area (Å²) >= 11 is 0. The lowest BCUT2D eigenvalue weighted by atomic mass is 10.1. The van der Waals surface area contributed by atoms with E-state index in [9.17, 15) is 0 Å². The zero-order chi connectivity index (χ0) is 16.8. The van der Waals surface area contributed by atoms with Crippen molar-refractivity contribution in [1.29, 1.82) is 0 Å². The Kier molecular flexibility index (Phi) is 6.86. The van der Waals surface area contributed by atoms with Gasteiger partial charge in [-0.25, -0.2) is 0 Å². The Morgan fingerprint density at radius 1 is 1.18 bits per heavy atom. The first-order chi connectivity index (χ1) is 10.1. The van der Waals surface area contributed by atoms with Gasteiger partial charge in [0.2, 0.25) is 0 Å². The molecule has 1 aromatic rings. The predicted molar refractivity (Wildman–Crippen MR) is 101 cm³/mol. The van der Waals surface area contributed by atoms with E-state index in [0.29, 0.717) is 12.5 Å². The molecule has 0 spiro atoms. The minimum absolute atomic E-state index is 0.233. The lowest BCUT2D eigenvalue weighted by Crippen LogP contribution is -2.41. The van der Waals surface area contributed by atoms with Gasteiger partial charge < -0.3 is 4.43 Å². The molecule has 0 saturated carbocycles. The van der Waals surface area contributed by atoms with E-state index in [1.807, 2.05) is 6.07 Å². The first-order valence-electron chi connectivity index (χ1n) is 8.27. The maximum Gasteiger partial charge on any atom is 0.192 e. The van der Waals surface area contributed by atoms with Gasteiger partial charge in [-0.3, -0.25) is 0 Å². The molecule has 1 aromatic carbocycles. The van der Waals surface area contributed by atoms with Crippen LogP contribution in [0.25, 0.3) is 5.57 Å². The predicted octanol–water partition coefficient (Wildman–Crippen LogP) is 6.29. The molecule has 0 heterocycles.